The molecule has 0 radical (unpaired) electrons. The number of Topliss-reactive ketones (excluding diaryl/α,β-unsaturated/α-hetero) is 1. The van der Waals surface area contributed by atoms with E-state index >= 15 is 0 Å². The molecule has 0 heterocycles. The molecule has 3 aromatic carbocycles. The van der Waals surface area contributed by atoms with Gasteiger partial charge in [0.25, 0.3) is 0 Å². The highest BCUT2D eigenvalue weighted by atomic mass is 35.5. The lowest BCUT2D eigenvalue weighted by molar-refractivity contribution is 0.00694. The molecule has 0 saturated carbocycles. The Labute approximate surface area is 226 Å². The molecule has 5 heteroatoms. The van der Waals surface area contributed by atoms with Crippen molar-refractivity contribution in [3.05, 3.63) is 88.4 Å². The maximum Gasteiger partial charge on any atom is 0.338 e. The summed E-state index contributed by atoms with van der Waals surface area (Å²) in [5, 5.41) is 0.536. The van der Waals surface area contributed by atoms with Gasteiger partial charge in [-0.15, -0.1) is 0 Å². The third-order valence-corrected chi connectivity index (χ3v) is 6.16. The first kappa shape index (κ1) is 28.5. The maximum absolute atomic E-state index is 13.1. The van der Waals surface area contributed by atoms with Gasteiger partial charge in [0.2, 0.25) is 0 Å². The van der Waals surface area contributed by atoms with Crippen molar-refractivity contribution in [2.45, 2.75) is 65.9 Å². The molecule has 0 saturated heterocycles. The summed E-state index contributed by atoms with van der Waals surface area (Å²) in [5.74, 6) is 0.490. The molecule has 3 rings (SSSR count). The van der Waals surface area contributed by atoms with Crippen molar-refractivity contribution in [1.82, 2.24) is 0 Å². The molecule has 0 aromatic heterocycles. The first-order valence-electron chi connectivity index (χ1n) is 12.9. The fourth-order valence-corrected chi connectivity index (χ4v) is 4.21. The Kier molecular flexibility index (Phi) is 9.93. The van der Waals surface area contributed by atoms with Crippen LogP contribution in [0.2, 0.25) is 5.02 Å². The highest BCUT2D eigenvalue weighted by Crippen LogP contribution is 2.27. The minimum absolute atomic E-state index is 0.0446. The van der Waals surface area contributed by atoms with Gasteiger partial charge in [0, 0.05) is 11.4 Å². The first-order valence-corrected chi connectivity index (χ1v) is 13.3. The SMILES string of the molecule is CCCCOc1ccc(Cl)cc1C(=O)CC(C)Cc1ccc(-c2ccc(C(=O)OC(C)(C)C)cc2)cc1. The van der Waals surface area contributed by atoms with E-state index in [9.17, 15) is 9.59 Å². The summed E-state index contributed by atoms with van der Waals surface area (Å²) in [5.41, 5.74) is 3.83. The van der Waals surface area contributed by atoms with Crippen LogP contribution in [0.25, 0.3) is 11.1 Å². The zero-order valence-electron chi connectivity index (χ0n) is 22.5. The Bertz CT molecular complexity index is 1190. The summed E-state index contributed by atoms with van der Waals surface area (Å²) in [4.78, 5) is 25.3. The third-order valence-electron chi connectivity index (χ3n) is 5.92. The summed E-state index contributed by atoms with van der Waals surface area (Å²) >= 11 is 6.17. The second-order valence-electron chi connectivity index (χ2n) is 10.6. The Morgan fingerprint density at radius 2 is 1.54 bits per heavy atom. The Morgan fingerprint density at radius 3 is 2.14 bits per heavy atom. The number of rotatable bonds is 11. The van der Waals surface area contributed by atoms with Gasteiger partial charge in [0.1, 0.15) is 11.4 Å². The molecule has 1 unspecified atom stereocenters. The molecule has 196 valence electrons. The zero-order chi connectivity index (χ0) is 27.0. The van der Waals surface area contributed by atoms with Crippen molar-refractivity contribution in [3.8, 4) is 16.9 Å². The van der Waals surface area contributed by atoms with Crippen molar-refractivity contribution in [2.24, 2.45) is 5.92 Å². The molecule has 0 bridgehead atoms. The minimum Gasteiger partial charge on any atom is -0.493 e. The largest absolute Gasteiger partial charge is 0.493 e. The van der Waals surface area contributed by atoms with E-state index in [1.54, 1.807) is 30.3 Å². The molecule has 3 aromatic rings. The lowest BCUT2D eigenvalue weighted by Gasteiger charge is -2.19. The third kappa shape index (κ3) is 8.75. The number of ketones is 1. The molecule has 0 fully saturated rings. The number of carbonyl (C=O) groups excluding carboxylic acids is 2. The van der Waals surface area contributed by atoms with Crippen molar-refractivity contribution < 1.29 is 19.1 Å². The van der Waals surface area contributed by atoms with Gasteiger partial charge in [-0.1, -0.05) is 68.3 Å². The van der Waals surface area contributed by atoms with Crippen LogP contribution in [0.4, 0.5) is 0 Å². The molecule has 0 aliphatic rings. The second kappa shape index (κ2) is 12.9. The van der Waals surface area contributed by atoms with Crippen LogP contribution in [-0.4, -0.2) is 24.0 Å². The van der Waals surface area contributed by atoms with Gasteiger partial charge in [0.05, 0.1) is 17.7 Å². The number of halogens is 1. The van der Waals surface area contributed by atoms with E-state index in [4.69, 9.17) is 21.1 Å². The average Bonchev–Trinajstić information content (AvgIpc) is 2.84. The number of esters is 1. The van der Waals surface area contributed by atoms with Gasteiger partial charge >= 0.3 is 5.97 Å². The van der Waals surface area contributed by atoms with E-state index in [1.165, 1.54) is 5.56 Å². The van der Waals surface area contributed by atoms with E-state index in [0.717, 1.165) is 30.4 Å². The monoisotopic (exact) mass is 520 g/mol. The summed E-state index contributed by atoms with van der Waals surface area (Å²) in [6.45, 7) is 10.3. The van der Waals surface area contributed by atoms with E-state index in [1.807, 2.05) is 32.9 Å². The average molecular weight is 521 g/mol. The van der Waals surface area contributed by atoms with Gasteiger partial charge in [0.15, 0.2) is 5.78 Å². The quantitative estimate of drug-likeness (QED) is 0.144. The molecule has 0 spiro atoms. The van der Waals surface area contributed by atoms with Crippen LogP contribution in [0.1, 0.15) is 80.2 Å². The second-order valence-corrected chi connectivity index (χ2v) is 11.0. The van der Waals surface area contributed by atoms with Crippen molar-refractivity contribution in [2.75, 3.05) is 6.61 Å². The molecule has 4 nitrogen and oxygen atoms in total. The van der Waals surface area contributed by atoms with Crippen molar-refractivity contribution in [1.29, 1.82) is 0 Å². The summed E-state index contributed by atoms with van der Waals surface area (Å²) < 4.78 is 11.3. The molecule has 0 aliphatic heterocycles. The van der Waals surface area contributed by atoms with Crippen LogP contribution in [0.3, 0.4) is 0 Å². The van der Waals surface area contributed by atoms with E-state index in [-0.39, 0.29) is 17.7 Å². The van der Waals surface area contributed by atoms with Crippen molar-refractivity contribution >= 4 is 23.4 Å². The number of unbranched alkanes of at least 4 members (excludes halogenated alkanes) is 1. The Morgan fingerprint density at radius 1 is 0.919 bits per heavy atom. The Hall–Kier alpha value is -3.11. The standard InChI is InChI=1S/C32H37ClO4/c1-6-7-18-36-30-17-16-27(33)21-28(30)29(34)20-22(2)19-23-8-10-24(11-9-23)25-12-14-26(15-13-25)31(35)37-32(3,4)5/h8-17,21-22H,6-7,18-20H2,1-5H3. The van der Waals surface area contributed by atoms with E-state index in [0.29, 0.717) is 34.9 Å². The summed E-state index contributed by atoms with van der Waals surface area (Å²) in [7, 11) is 0. The highest BCUT2D eigenvalue weighted by molar-refractivity contribution is 6.31. The molecular weight excluding hydrogens is 484 g/mol. The van der Waals surface area contributed by atoms with E-state index in [2.05, 4.69) is 38.1 Å². The summed E-state index contributed by atoms with van der Waals surface area (Å²) in [6, 6.07) is 21.0. The molecule has 0 amide bonds. The van der Waals surface area contributed by atoms with Crippen molar-refractivity contribution in [3.63, 3.8) is 0 Å². The molecule has 0 N–H and O–H groups in total. The molecule has 1 atom stereocenters. The van der Waals surface area contributed by atoms with Crippen LogP contribution in [0, 0.1) is 5.92 Å². The van der Waals surface area contributed by atoms with Gasteiger partial charge in [-0.2, -0.15) is 0 Å². The number of hydrogen-bond donors (Lipinski definition) is 0. The predicted molar refractivity (Wildman–Crippen MR) is 151 cm³/mol. The van der Waals surface area contributed by atoms with Gasteiger partial charge < -0.3 is 9.47 Å². The fourth-order valence-electron chi connectivity index (χ4n) is 4.04. The lowest BCUT2D eigenvalue weighted by Crippen LogP contribution is -2.23. The highest BCUT2D eigenvalue weighted by Gasteiger charge is 2.19. The molecule has 37 heavy (non-hydrogen) atoms. The van der Waals surface area contributed by atoms with Crippen LogP contribution in [0.15, 0.2) is 66.7 Å². The number of benzene rings is 3. The molecular formula is C32H37ClO4. The van der Waals surface area contributed by atoms with Crippen LogP contribution >= 0.6 is 11.6 Å². The first-order chi connectivity index (χ1) is 17.6. The van der Waals surface area contributed by atoms with Gasteiger partial charge in [-0.25, -0.2) is 4.79 Å². The number of ether oxygens (including phenoxy) is 2. The summed E-state index contributed by atoms with van der Waals surface area (Å²) in [6.07, 6.45) is 3.18. The normalized spacial score (nSPS) is 12.2. The minimum atomic E-state index is -0.522. The number of hydrogen-bond acceptors (Lipinski definition) is 4. The maximum atomic E-state index is 13.1. The molecule has 0 aliphatic carbocycles. The van der Waals surface area contributed by atoms with Crippen LogP contribution in [0.5, 0.6) is 5.75 Å². The fraction of sp³-hybridized carbons (Fsp3) is 0.375. The van der Waals surface area contributed by atoms with E-state index < -0.39 is 5.60 Å². The number of carbonyl (C=O) groups is 2. The lowest BCUT2D eigenvalue weighted by atomic mass is 9.92. The van der Waals surface area contributed by atoms with Gasteiger partial charge in [-0.3, -0.25) is 4.79 Å². The van der Waals surface area contributed by atoms with Gasteiger partial charge in [-0.05, 0) is 86.6 Å². The topological polar surface area (TPSA) is 52.6 Å². The predicted octanol–water partition coefficient (Wildman–Crippen LogP) is 8.59. The van der Waals surface area contributed by atoms with Crippen LogP contribution in [-0.2, 0) is 11.2 Å². The zero-order valence-corrected chi connectivity index (χ0v) is 23.2. The smallest absolute Gasteiger partial charge is 0.338 e. The van der Waals surface area contributed by atoms with Crippen LogP contribution < -0.4 is 4.74 Å². The Balaban J connectivity index is 1.60.